The van der Waals surface area contributed by atoms with Gasteiger partial charge in [-0.1, -0.05) is 13.3 Å². The van der Waals surface area contributed by atoms with Gasteiger partial charge < -0.3 is 0 Å². The van der Waals surface area contributed by atoms with E-state index >= 15 is 0 Å². The van der Waals surface area contributed by atoms with Gasteiger partial charge in [0.15, 0.2) is 0 Å². The molecule has 1 N–H and O–H groups in total. The lowest BCUT2D eigenvalue weighted by molar-refractivity contribution is 0.287. The summed E-state index contributed by atoms with van der Waals surface area (Å²) in [6.07, 6.45) is 9.16. The molecule has 1 aliphatic carbocycles. The van der Waals surface area contributed by atoms with Crippen molar-refractivity contribution < 1.29 is 0 Å². The van der Waals surface area contributed by atoms with Crippen LogP contribution in [-0.4, -0.2) is 21.9 Å². The van der Waals surface area contributed by atoms with Crippen LogP contribution < -0.4 is 5.32 Å². The van der Waals surface area contributed by atoms with Crippen LogP contribution in [0.25, 0.3) is 0 Å². The maximum Gasteiger partial charge on any atom is 0.109 e. The minimum absolute atomic E-state index is 0.305. The van der Waals surface area contributed by atoms with Crippen LogP contribution in [0.1, 0.15) is 39.0 Å². The number of hydrogen-bond donors (Lipinski definition) is 1. The molecule has 0 aliphatic heterocycles. The van der Waals surface area contributed by atoms with Crippen molar-refractivity contribution in [3.05, 3.63) is 16.9 Å². The molecule has 0 spiro atoms. The summed E-state index contributed by atoms with van der Waals surface area (Å²) < 4.78 is 2.96. The zero-order valence-corrected chi connectivity index (χ0v) is 13.0. The minimum Gasteiger partial charge on any atom is -0.299 e. The summed E-state index contributed by atoms with van der Waals surface area (Å²) >= 11 is 3.41. The van der Waals surface area contributed by atoms with E-state index in [1.54, 1.807) is 0 Å². The standard InChI is InChI=1S/C14H21BrN4/c1-2-7-17-14(11-16)6-3-4-12(14)5-8-19-10-13(15)9-18-19/h9-10,12,17H,2-8H2,1H3. The van der Waals surface area contributed by atoms with E-state index in [9.17, 15) is 5.26 Å². The number of nitrogens with one attached hydrogen (secondary N) is 1. The third kappa shape index (κ3) is 3.37. The second-order valence-electron chi connectivity index (χ2n) is 5.31. The van der Waals surface area contributed by atoms with Gasteiger partial charge in [-0.15, -0.1) is 0 Å². The fourth-order valence-corrected chi connectivity index (χ4v) is 3.31. The number of halogens is 1. The Labute approximate surface area is 123 Å². The van der Waals surface area contributed by atoms with Gasteiger partial charge in [0.25, 0.3) is 0 Å². The molecule has 1 aliphatic rings. The second kappa shape index (κ2) is 6.53. The summed E-state index contributed by atoms with van der Waals surface area (Å²) in [5.41, 5.74) is -0.305. The molecule has 0 saturated heterocycles. The SMILES string of the molecule is CCCNC1(C#N)CCCC1CCn1cc(Br)cn1. The van der Waals surface area contributed by atoms with Gasteiger partial charge in [0.05, 0.1) is 16.7 Å². The third-order valence-electron chi connectivity index (χ3n) is 4.02. The van der Waals surface area contributed by atoms with Gasteiger partial charge in [0, 0.05) is 12.7 Å². The van der Waals surface area contributed by atoms with E-state index < -0.39 is 0 Å². The molecule has 1 heterocycles. The summed E-state index contributed by atoms with van der Waals surface area (Å²) in [5.74, 6) is 0.437. The molecule has 104 valence electrons. The number of aryl methyl sites for hydroxylation is 1. The molecule has 1 aromatic heterocycles. The first-order chi connectivity index (χ1) is 9.20. The van der Waals surface area contributed by atoms with Crippen LogP contribution in [0.3, 0.4) is 0 Å². The van der Waals surface area contributed by atoms with E-state index in [2.05, 4.69) is 39.3 Å². The number of aromatic nitrogens is 2. The largest absolute Gasteiger partial charge is 0.299 e. The van der Waals surface area contributed by atoms with Crippen molar-refractivity contribution in [2.45, 2.75) is 51.1 Å². The summed E-state index contributed by atoms with van der Waals surface area (Å²) in [7, 11) is 0. The van der Waals surface area contributed by atoms with E-state index in [1.165, 1.54) is 0 Å². The number of rotatable bonds is 6. The number of nitrogens with zero attached hydrogens (tertiary/aromatic N) is 3. The van der Waals surface area contributed by atoms with E-state index in [1.807, 2.05) is 17.1 Å². The predicted molar refractivity (Wildman–Crippen MR) is 78.5 cm³/mol. The molecular formula is C14H21BrN4. The highest BCUT2D eigenvalue weighted by Crippen LogP contribution is 2.37. The zero-order chi connectivity index (χ0) is 13.7. The second-order valence-corrected chi connectivity index (χ2v) is 6.23. The Morgan fingerprint density at radius 3 is 3.16 bits per heavy atom. The van der Waals surface area contributed by atoms with Crippen LogP contribution in [0.4, 0.5) is 0 Å². The van der Waals surface area contributed by atoms with Crippen LogP contribution in [0.2, 0.25) is 0 Å². The maximum absolute atomic E-state index is 9.57. The Morgan fingerprint density at radius 2 is 2.53 bits per heavy atom. The van der Waals surface area contributed by atoms with Crippen LogP contribution in [0.5, 0.6) is 0 Å². The summed E-state index contributed by atoms with van der Waals surface area (Å²) in [4.78, 5) is 0. The van der Waals surface area contributed by atoms with E-state index in [0.717, 1.165) is 49.7 Å². The van der Waals surface area contributed by atoms with Crippen LogP contribution in [0, 0.1) is 17.2 Å². The Morgan fingerprint density at radius 1 is 1.68 bits per heavy atom. The van der Waals surface area contributed by atoms with Crippen LogP contribution in [-0.2, 0) is 6.54 Å². The highest BCUT2D eigenvalue weighted by molar-refractivity contribution is 9.10. The van der Waals surface area contributed by atoms with Crippen molar-refractivity contribution in [1.29, 1.82) is 5.26 Å². The number of hydrogen-bond acceptors (Lipinski definition) is 3. The monoisotopic (exact) mass is 324 g/mol. The Hall–Kier alpha value is -0.860. The minimum atomic E-state index is -0.305. The molecule has 1 saturated carbocycles. The van der Waals surface area contributed by atoms with Crippen molar-refractivity contribution in [2.24, 2.45) is 5.92 Å². The highest BCUT2D eigenvalue weighted by atomic mass is 79.9. The molecular weight excluding hydrogens is 304 g/mol. The molecule has 19 heavy (non-hydrogen) atoms. The first-order valence-electron chi connectivity index (χ1n) is 7.04. The Kier molecular flexibility index (Phi) is 5.00. The highest BCUT2D eigenvalue weighted by Gasteiger charge is 2.42. The maximum atomic E-state index is 9.57. The molecule has 2 unspecified atom stereocenters. The third-order valence-corrected chi connectivity index (χ3v) is 4.43. The van der Waals surface area contributed by atoms with Crippen molar-refractivity contribution >= 4 is 15.9 Å². The van der Waals surface area contributed by atoms with Gasteiger partial charge in [0.1, 0.15) is 5.54 Å². The summed E-state index contributed by atoms with van der Waals surface area (Å²) in [6, 6.07) is 2.55. The first kappa shape index (κ1) is 14.5. The molecule has 5 heteroatoms. The topological polar surface area (TPSA) is 53.6 Å². The van der Waals surface area contributed by atoms with Gasteiger partial charge in [-0.25, -0.2) is 0 Å². The molecule has 0 aromatic carbocycles. The van der Waals surface area contributed by atoms with Crippen molar-refractivity contribution in [1.82, 2.24) is 15.1 Å². The first-order valence-corrected chi connectivity index (χ1v) is 7.83. The van der Waals surface area contributed by atoms with Crippen molar-refractivity contribution in [3.63, 3.8) is 0 Å². The number of nitriles is 1. The molecule has 2 atom stereocenters. The van der Waals surface area contributed by atoms with Gasteiger partial charge in [0.2, 0.25) is 0 Å². The van der Waals surface area contributed by atoms with Crippen LogP contribution in [0.15, 0.2) is 16.9 Å². The molecule has 4 nitrogen and oxygen atoms in total. The molecule has 1 aromatic rings. The van der Waals surface area contributed by atoms with Crippen molar-refractivity contribution in [3.8, 4) is 6.07 Å². The quantitative estimate of drug-likeness (QED) is 0.874. The normalized spacial score (nSPS) is 26.5. The summed E-state index contributed by atoms with van der Waals surface area (Å²) in [5, 5.41) is 17.3. The van der Waals surface area contributed by atoms with E-state index in [-0.39, 0.29) is 5.54 Å². The lowest BCUT2D eigenvalue weighted by atomic mass is 9.85. The van der Waals surface area contributed by atoms with Gasteiger partial charge in [-0.2, -0.15) is 10.4 Å². The fourth-order valence-electron chi connectivity index (χ4n) is 2.98. The average Bonchev–Trinajstić information content (AvgIpc) is 3.01. The zero-order valence-electron chi connectivity index (χ0n) is 11.4. The molecule has 0 amide bonds. The van der Waals surface area contributed by atoms with Gasteiger partial charge in [-0.3, -0.25) is 10.00 Å². The molecule has 0 bridgehead atoms. The van der Waals surface area contributed by atoms with Crippen molar-refractivity contribution in [2.75, 3.05) is 6.54 Å². The van der Waals surface area contributed by atoms with Gasteiger partial charge >= 0.3 is 0 Å². The molecule has 0 radical (unpaired) electrons. The average molecular weight is 325 g/mol. The Balaban J connectivity index is 1.96. The lowest BCUT2D eigenvalue weighted by Gasteiger charge is -2.30. The van der Waals surface area contributed by atoms with E-state index in [4.69, 9.17) is 0 Å². The predicted octanol–water partition coefficient (Wildman–Crippen LogP) is 3.10. The molecule has 2 rings (SSSR count). The van der Waals surface area contributed by atoms with E-state index in [0.29, 0.717) is 5.92 Å². The Bertz CT molecular complexity index is 451. The van der Waals surface area contributed by atoms with Crippen LogP contribution >= 0.6 is 15.9 Å². The van der Waals surface area contributed by atoms with Gasteiger partial charge in [-0.05, 0) is 54.1 Å². The fraction of sp³-hybridized carbons (Fsp3) is 0.714. The molecule has 1 fully saturated rings. The smallest absolute Gasteiger partial charge is 0.109 e. The lowest BCUT2D eigenvalue weighted by Crippen LogP contribution is -2.47. The summed E-state index contributed by atoms with van der Waals surface area (Å²) in [6.45, 7) is 3.95.